The minimum Gasteiger partial charge on any atom is -0.495 e. The maximum absolute atomic E-state index is 13.3. The van der Waals surface area contributed by atoms with Gasteiger partial charge in [-0.15, -0.1) is 0 Å². The average Bonchev–Trinajstić information content (AvgIpc) is 2.61. The van der Waals surface area contributed by atoms with Gasteiger partial charge in [0.2, 0.25) is 11.8 Å². The van der Waals surface area contributed by atoms with Gasteiger partial charge in [-0.2, -0.15) is 0 Å². The molecule has 0 aliphatic carbocycles. The van der Waals surface area contributed by atoms with E-state index in [1.54, 1.807) is 0 Å². The number of hydrogen-bond acceptors (Lipinski definition) is 5. The first-order valence-corrected chi connectivity index (χ1v) is 9.62. The zero-order chi connectivity index (χ0) is 19.6. The van der Waals surface area contributed by atoms with Crippen molar-refractivity contribution in [3.8, 4) is 5.75 Å². The van der Waals surface area contributed by atoms with Crippen LogP contribution in [0, 0.1) is 5.82 Å². The minimum atomic E-state index is -4.16. The van der Waals surface area contributed by atoms with Crippen LogP contribution in [0.4, 0.5) is 15.8 Å². The molecule has 1 N–H and O–H groups in total. The maximum Gasteiger partial charge on any atom is 0.265 e. The third-order valence-electron chi connectivity index (χ3n) is 4.05. The highest BCUT2D eigenvalue weighted by Gasteiger charge is 2.29. The molecular weight excluding hydrogens is 375 g/mol. The van der Waals surface area contributed by atoms with Gasteiger partial charge in [-0.1, -0.05) is 6.07 Å². The molecule has 142 valence electrons. The van der Waals surface area contributed by atoms with Crippen LogP contribution in [0.3, 0.4) is 0 Å². The molecule has 0 bridgehead atoms. The Hall–Kier alpha value is -2.94. The van der Waals surface area contributed by atoms with E-state index in [9.17, 15) is 22.4 Å². The summed E-state index contributed by atoms with van der Waals surface area (Å²) in [6, 6.07) is 8.99. The summed E-state index contributed by atoms with van der Waals surface area (Å²) >= 11 is 0. The third-order valence-corrected chi connectivity index (χ3v) is 5.45. The Morgan fingerprint density at radius 3 is 2.41 bits per heavy atom. The highest BCUT2D eigenvalue weighted by atomic mass is 32.2. The molecule has 1 aliphatic rings. The summed E-state index contributed by atoms with van der Waals surface area (Å²) in [5, 5.41) is 0. The Labute approximate surface area is 155 Å². The van der Waals surface area contributed by atoms with Gasteiger partial charge in [0.25, 0.3) is 10.0 Å². The lowest BCUT2D eigenvalue weighted by atomic mass is 10.1. The first-order chi connectivity index (χ1) is 12.8. The molecule has 9 heteroatoms. The smallest absolute Gasteiger partial charge is 0.265 e. The molecule has 2 amide bonds. The van der Waals surface area contributed by atoms with Crippen LogP contribution in [0.5, 0.6) is 5.75 Å². The van der Waals surface area contributed by atoms with E-state index in [0.717, 1.165) is 11.0 Å². The largest absolute Gasteiger partial charge is 0.495 e. The number of imide groups is 1. The summed E-state index contributed by atoms with van der Waals surface area (Å²) in [5.74, 6) is -1.35. The van der Waals surface area contributed by atoms with Crippen molar-refractivity contribution in [3.05, 3.63) is 48.3 Å². The Morgan fingerprint density at radius 1 is 1.07 bits per heavy atom. The zero-order valence-electron chi connectivity index (χ0n) is 14.4. The van der Waals surface area contributed by atoms with Crippen LogP contribution in [0.2, 0.25) is 0 Å². The molecule has 1 aliphatic heterocycles. The molecule has 1 fully saturated rings. The standard InChI is InChI=1S/C18H17FN2O5S/c1-26-15-9-8-14(21-17(22)6-3-7-18(21)23)11-16(15)27(24,25)20-13-5-2-4-12(19)10-13/h2,4-5,8-11,20H,3,6-7H2,1H3. The summed E-state index contributed by atoms with van der Waals surface area (Å²) in [4.78, 5) is 24.9. The highest BCUT2D eigenvalue weighted by molar-refractivity contribution is 7.92. The maximum atomic E-state index is 13.3. The van der Waals surface area contributed by atoms with Crippen molar-refractivity contribution in [1.29, 1.82) is 0 Å². The Bertz CT molecular complexity index is 991. The summed E-state index contributed by atoms with van der Waals surface area (Å²) in [7, 11) is -2.86. The lowest BCUT2D eigenvalue weighted by molar-refractivity contribution is -0.129. The normalized spacial score (nSPS) is 15.0. The van der Waals surface area contributed by atoms with Crippen molar-refractivity contribution in [1.82, 2.24) is 0 Å². The minimum absolute atomic E-state index is 0.0274. The van der Waals surface area contributed by atoms with Gasteiger partial charge in [0.1, 0.15) is 16.5 Å². The van der Waals surface area contributed by atoms with E-state index >= 15 is 0 Å². The third kappa shape index (κ3) is 3.92. The summed E-state index contributed by atoms with van der Waals surface area (Å²) in [6.45, 7) is 0. The van der Waals surface area contributed by atoms with Crippen LogP contribution in [-0.4, -0.2) is 27.3 Å². The second-order valence-electron chi connectivity index (χ2n) is 5.93. The molecule has 3 rings (SSSR count). The number of anilines is 2. The van der Waals surface area contributed by atoms with Crippen molar-refractivity contribution in [2.24, 2.45) is 0 Å². The summed E-state index contributed by atoms with van der Waals surface area (Å²) in [5.41, 5.74) is 0.178. The van der Waals surface area contributed by atoms with Crippen molar-refractivity contribution in [2.75, 3.05) is 16.7 Å². The molecule has 0 aromatic heterocycles. The van der Waals surface area contributed by atoms with Gasteiger partial charge in [0.15, 0.2) is 0 Å². The predicted octanol–water partition coefficient (Wildman–Crippen LogP) is 2.68. The Morgan fingerprint density at radius 2 is 1.78 bits per heavy atom. The highest BCUT2D eigenvalue weighted by Crippen LogP contribution is 2.32. The van der Waals surface area contributed by atoms with E-state index in [2.05, 4.69) is 4.72 Å². The van der Waals surface area contributed by atoms with E-state index in [1.807, 2.05) is 0 Å². The molecule has 0 spiro atoms. The number of sulfonamides is 1. The number of rotatable bonds is 5. The van der Waals surface area contributed by atoms with Crippen LogP contribution in [-0.2, 0) is 19.6 Å². The van der Waals surface area contributed by atoms with Crippen LogP contribution >= 0.6 is 0 Å². The second kappa shape index (κ2) is 7.36. The number of nitrogens with one attached hydrogen (secondary N) is 1. The van der Waals surface area contributed by atoms with Crippen LogP contribution in [0.15, 0.2) is 47.4 Å². The van der Waals surface area contributed by atoms with E-state index < -0.39 is 27.7 Å². The quantitative estimate of drug-likeness (QED) is 0.790. The SMILES string of the molecule is COc1ccc(N2C(=O)CCCC2=O)cc1S(=O)(=O)Nc1cccc(F)c1. The van der Waals surface area contributed by atoms with Gasteiger partial charge in [0.05, 0.1) is 18.5 Å². The molecule has 0 atom stereocenters. The number of benzene rings is 2. The monoisotopic (exact) mass is 392 g/mol. The molecule has 0 unspecified atom stereocenters. The fraction of sp³-hybridized carbons (Fsp3) is 0.222. The number of carbonyl (C=O) groups excluding carboxylic acids is 2. The molecule has 1 heterocycles. The van der Waals surface area contributed by atoms with Crippen molar-refractivity contribution >= 4 is 33.2 Å². The molecule has 7 nitrogen and oxygen atoms in total. The van der Waals surface area contributed by atoms with Gasteiger partial charge >= 0.3 is 0 Å². The number of hydrogen-bond donors (Lipinski definition) is 1. The predicted molar refractivity (Wildman–Crippen MR) is 96.5 cm³/mol. The molecule has 1 saturated heterocycles. The number of nitrogens with zero attached hydrogens (tertiary/aromatic N) is 1. The summed E-state index contributed by atoms with van der Waals surface area (Å²) in [6.07, 6.45) is 0.888. The molecule has 2 aromatic carbocycles. The van der Waals surface area contributed by atoms with Crippen LogP contribution < -0.4 is 14.4 Å². The first-order valence-electron chi connectivity index (χ1n) is 8.14. The second-order valence-corrected chi connectivity index (χ2v) is 7.58. The van der Waals surface area contributed by atoms with Gasteiger partial charge in [0, 0.05) is 12.8 Å². The molecule has 0 radical (unpaired) electrons. The van der Waals surface area contributed by atoms with Crippen molar-refractivity contribution in [2.45, 2.75) is 24.2 Å². The molecule has 2 aromatic rings. The van der Waals surface area contributed by atoms with E-state index in [4.69, 9.17) is 4.74 Å². The molecular formula is C18H17FN2O5S. The number of piperidine rings is 1. The number of halogens is 1. The van der Waals surface area contributed by atoms with Gasteiger partial charge in [-0.3, -0.25) is 19.2 Å². The van der Waals surface area contributed by atoms with Gasteiger partial charge < -0.3 is 4.74 Å². The van der Waals surface area contributed by atoms with E-state index in [1.165, 1.54) is 43.5 Å². The molecule has 0 saturated carbocycles. The van der Waals surface area contributed by atoms with E-state index in [0.29, 0.717) is 6.42 Å². The topological polar surface area (TPSA) is 92.8 Å². The van der Waals surface area contributed by atoms with Gasteiger partial charge in [-0.25, -0.2) is 12.8 Å². The van der Waals surface area contributed by atoms with E-state index in [-0.39, 0.29) is 34.9 Å². The van der Waals surface area contributed by atoms with Crippen molar-refractivity contribution < 1.29 is 27.1 Å². The van der Waals surface area contributed by atoms with Crippen LogP contribution in [0.1, 0.15) is 19.3 Å². The van der Waals surface area contributed by atoms with Crippen LogP contribution in [0.25, 0.3) is 0 Å². The fourth-order valence-electron chi connectivity index (χ4n) is 2.82. The number of amides is 2. The lowest BCUT2D eigenvalue weighted by Crippen LogP contribution is -2.40. The molecule has 27 heavy (non-hydrogen) atoms. The number of methoxy groups -OCH3 is 1. The Kier molecular flexibility index (Phi) is 5.13. The average molecular weight is 392 g/mol. The number of ether oxygens (including phenoxy) is 1. The summed E-state index contributed by atoms with van der Waals surface area (Å²) < 4.78 is 46.3. The van der Waals surface area contributed by atoms with Crippen molar-refractivity contribution in [3.63, 3.8) is 0 Å². The fourth-order valence-corrected chi connectivity index (χ4v) is 4.06. The zero-order valence-corrected chi connectivity index (χ0v) is 15.3. The first kappa shape index (κ1) is 18.8. The van der Waals surface area contributed by atoms with Gasteiger partial charge in [-0.05, 0) is 42.8 Å². The Balaban J connectivity index is 2.03. The number of carbonyl (C=O) groups is 2. The lowest BCUT2D eigenvalue weighted by Gasteiger charge is -2.25.